The Morgan fingerprint density at radius 3 is 1.61 bits per heavy atom. The Kier molecular flexibility index (Phi) is 10.1. The number of ether oxygens (including phenoxy) is 3. The fourth-order valence-corrected chi connectivity index (χ4v) is 1.84. The second kappa shape index (κ2) is 11.7. The molecule has 0 aliphatic carbocycles. The lowest BCUT2D eigenvalue weighted by Gasteiger charge is -2.03. The lowest BCUT2D eigenvalue weighted by atomic mass is 10.3. The van der Waals surface area contributed by atoms with Crippen LogP contribution < -0.4 is 4.74 Å². The maximum atomic E-state index is 12.6. The molecule has 2 aromatic carbocycles. The van der Waals surface area contributed by atoms with Gasteiger partial charge in [0.2, 0.25) is 0 Å². The minimum Gasteiger partial charge on any atom is -0.508 e. The summed E-state index contributed by atoms with van der Waals surface area (Å²) in [5, 5.41) is 8.51. The van der Waals surface area contributed by atoms with Gasteiger partial charge in [-0.1, -0.05) is 7.43 Å². The molecular formula is C19H21ClF4O4. The number of benzene rings is 2. The Morgan fingerprint density at radius 1 is 0.857 bits per heavy atom. The summed E-state index contributed by atoms with van der Waals surface area (Å²) in [6.45, 7) is 1.89. The molecule has 0 amide bonds. The Morgan fingerprint density at radius 2 is 1.29 bits per heavy atom. The number of aromatic hydroxyl groups is 1. The third-order valence-electron chi connectivity index (χ3n) is 3.10. The number of hydrogen-bond acceptors (Lipinski definition) is 4. The molecule has 2 fully saturated rings. The molecule has 0 bridgehead atoms. The number of epoxide rings is 2. The molecule has 1 N–H and O–H groups in total. The standard InChI is InChI=1S/C9H8F2O2.C6H4F2O.C3H5ClO.CH4/c10-6-1-7(11)3-8(2-6)12-4-9-5-13-9;7-4-1-5(8)3-6(9)2-4;4-1-3-2-5-3;/h1-3,9H,4-5H2;1-3,9H;3H,1-2H2;1H4. The second-order valence-electron chi connectivity index (χ2n) is 5.61. The van der Waals surface area contributed by atoms with E-state index in [0.29, 0.717) is 31.3 Å². The molecule has 2 aliphatic heterocycles. The largest absolute Gasteiger partial charge is 0.508 e. The lowest BCUT2D eigenvalue weighted by Crippen LogP contribution is -2.04. The zero-order valence-electron chi connectivity index (χ0n) is 14.0. The maximum absolute atomic E-state index is 12.6. The SMILES string of the molecule is C.ClCC1CO1.Fc1cc(F)cc(OCC2CO2)c1.Oc1cc(F)cc(F)c1. The van der Waals surface area contributed by atoms with Gasteiger partial charge in [0.25, 0.3) is 0 Å². The first-order valence-corrected chi connectivity index (χ1v) is 8.42. The summed E-state index contributed by atoms with van der Waals surface area (Å²) in [4.78, 5) is 0. The van der Waals surface area contributed by atoms with Crippen molar-refractivity contribution in [3.05, 3.63) is 59.7 Å². The molecule has 2 aromatic rings. The van der Waals surface area contributed by atoms with E-state index in [4.69, 9.17) is 30.9 Å². The molecular weight excluding hydrogens is 404 g/mol. The molecule has 4 nitrogen and oxygen atoms in total. The molecule has 4 rings (SSSR count). The van der Waals surface area contributed by atoms with Crippen LogP contribution in [0.4, 0.5) is 17.6 Å². The summed E-state index contributed by atoms with van der Waals surface area (Å²) in [7, 11) is 0. The summed E-state index contributed by atoms with van der Waals surface area (Å²) >= 11 is 5.27. The van der Waals surface area contributed by atoms with Crippen LogP contribution in [0.15, 0.2) is 36.4 Å². The van der Waals surface area contributed by atoms with Gasteiger partial charge in [0.1, 0.15) is 47.5 Å². The van der Waals surface area contributed by atoms with Crippen LogP contribution >= 0.6 is 11.6 Å². The van der Waals surface area contributed by atoms with Crippen LogP contribution in [0.2, 0.25) is 0 Å². The van der Waals surface area contributed by atoms with Gasteiger partial charge in [-0.05, 0) is 0 Å². The highest BCUT2D eigenvalue weighted by Gasteiger charge is 2.23. The molecule has 2 aliphatic rings. The van der Waals surface area contributed by atoms with Crippen LogP contribution in [-0.2, 0) is 9.47 Å². The summed E-state index contributed by atoms with van der Waals surface area (Å²) in [5.74, 6) is -2.33. The van der Waals surface area contributed by atoms with Crippen molar-refractivity contribution >= 4 is 11.6 Å². The zero-order valence-corrected chi connectivity index (χ0v) is 14.8. The van der Waals surface area contributed by atoms with Crippen molar-refractivity contribution in [3.8, 4) is 11.5 Å². The van der Waals surface area contributed by atoms with Gasteiger partial charge in [-0.15, -0.1) is 11.6 Å². The monoisotopic (exact) mass is 424 g/mol. The molecule has 156 valence electrons. The van der Waals surface area contributed by atoms with Crippen LogP contribution in [0.25, 0.3) is 0 Å². The van der Waals surface area contributed by atoms with Gasteiger partial charge in [0, 0.05) is 36.4 Å². The number of halogens is 5. The van der Waals surface area contributed by atoms with Crippen LogP contribution in [0.1, 0.15) is 7.43 Å². The van der Waals surface area contributed by atoms with Crippen molar-refractivity contribution in [1.29, 1.82) is 0 Å². The molecule has 2 heterocycles. The average molecular weight is 425 g/mol. The molecule has 28 heavy (non-hydrogen) atoms. The third kappa shape index (κ3) is 10.3. The minimum atomic E-state index is -0.771. The maximum Gasteiger partial charge on any atom is 0.129 e. The molecule has 0 spiro atoms. The molecule has 2 unspecified atom stereocenters. The highest BCUT2D eigenvalue weighted by atomic mass is 35.5. The molecule has 0 radical (unpaired) electrons. The summed E-state index contributed by atoms with van der Waals surface area (Å²) in [6.07, 6.45) is 0.489. The fourth-order valence-electron chi connectivity index (χ4n) is 1.66. The van der Waals surface area contributed by atoms with E-state index in [2.05, 4.69) is 0 Å². The molecule has 0 aromatic heterocycles. The van der Waals surface area contributed by atoms with Crippen molar-refractivity contribution in [2.75, 3.05) is 25.7 Å². The van der Waals surface area contributed by atoms with E-state index in [-0.39, 0.29) is 19.3 Å². The predicted octanol–water partition coefficient (Wildman–Crippen LogP) is 4.67. The Bertz CT molecular complexity index is 669. The van der Waals surface area contributed by atoms with Gasteiger partial charge < -0.3 is 19.3 Å². The zero-order chi connectivity index (χ0) is 19.8. The van der Waals surface area contributed by atoms with E-state index in [1.807, 2.05) is 0 Å². The van der Waals surface area contributed by atoms with E-state index in [1.165, 1.54) is 0 Å². The van der Waals surface area contributed by atoms with Crippen LogP contribution in [0.3, 0.4) is 0 Å². The van der Waals surface area contributed by atoms with E-state index in [0.717, 1.165) is 36.9 Å². The molecule has 2 atom stereocenters. The lowest BCUT2D eigenvalue weighted by molar-refractivity contribution is 0.261. The van der Waals surface area contributed by atoms with E-state index >= 15 is 0 Å². The summed E-state index contributed by atoms with van der Waals surface area (Å²) in [6, 6.07) is 5.46. The van der Waals surface area contributed by atoms with Crippen molar-refractivity contribution in [3.63, 3.8) is 0 Å². The van der Waals surface area contributed by atoms with E-state index in [9.17, 15) is 17.6 Å². The van der Waals surface area contributed by atoms with Gasteiger partial charge in [0.05, 0.1) is 25.2 Å². The van der Waals surface area contributed by atoms with E-state index < -0.39 is 29.0 Å². The van der Waals surface area contributed by atoms with Crippen molar-refractivity contribution in [2.24, 2.45) is 0 Å². The second-order valence-corrected chi connectivity index (χ2v) is 5.92. The quantitative estimate of drug-likeness (QED) is 0.440. The average Bonchev–Trinajstić information content (AvgIpc) is 3.46. The van der Waals surface area contributed by atoms with E-state index in [1.54, 1.807) is 0 Å². The predicted molar refractivity (Wildman–Crippen MR) is 96.8 cm³/mol. The van der Waals surface area contributed by atoms with Gasteiger partial charge in [-0.3, -0.25) is 0 Å². The van der Waals surface area contributed by atoms with Crippen molar-refractivity contribution in [1.82, 2.24) is 0 Å². The summed E-state index contributed by atoms with van der Waals surface area (Å²) < 4.78 is 64.0. The minimum absolute atomic E-state index is 0. The Balaban J connectivity index is 0.000000227. The van der Waals surface area contributed by atoms with Crippen LogP contribution in [-0.4, -0.2) is 43.0 Å². The van der Waals surface area contributed by atoms with Gasteiger partial charge >= 0.3 is 0 Å². The molecule has 0 saturated carbocycles. The number of rotatable bonds is 4. The summed E-state index contributed by atoms with van der Waals surface area (Å²) in [5.41, 5.74) is 0. The highest BCUT2D eigenvalue weighted by Crippen LogP contribution is 2.17. The normalized spacial score (nSPS) is 18.5. The van der Waals surface area contributed by atoms with Crippen molar-refractivity contribution in [2.45, 2.75) is 19.6 Å². The number of hydrogen-bond donors (Lipinski definition) is 1. The Labute approximate surface area is 165 Å². The first kappa shape index (κ1) is 24.0. The number of alkyl halides is 1. The number of phenolic OH excluding ortho intramolecular Hbond substituents is 1. The first-order chi connectivity index (χ1) is 12.9. The van der Waals surface area contributed by atoms with Gasteiger partial charge in [-0.25, -0.2) is 17.6 Å². The van der Waals surface area contributed by atoms with Gasteiger partial charge in [-0.2, -0.15) is 0 Å². The Hall–Kier alpha value is -2.03. The fraction of sp³-hybridized carbons (Fsp3) is 0.368. The van der Waals surface area contributed by atoms with Crippen LogP contribution in [0, 0.1) is 23.3 Å². The highest BCUT2D eigenvalue weighted by molar-refractivity contribution is 6.18. The first-order valence-electron chi connectivity index (χ1n) is 7.89. The molecule has 2 saturated heterocycles. The van der Waals surface area contributed by atoms with Crippen LogP contribution in [0.5, 0.6) is 11.5 Å². The van der Waals surface area contributed by atoms with Crippen molar-refractivity contribution < 1.29 is 36.9 Å². The third-order valence-corrected chi connectivity index (χ3v) is 3.44. The molecule has 9 heteroatoms. The smallest absolute Gasteiger partial charge is 0.129 e. The van der Waals surface area contributed by atoms with Gasteiger partial charge in [0.15, 0.2) is 0 Å². The number of phenols is 1. The topological polar surface area (TPSA) is 54.5 Å².